The van der Waals surface area contributed by atoms with Crippen molar-refractivity contribution < 1.29 is 19.8 Å². The second-order valence-corrected chi connectivity index (χ2v) is 5.99. The summed E-state index contributed by atoms with van der Waals surface area (Å²) in [5.74, 6) is -0.854. The number of carboxylic acid groups (broad SMARTS) is 2. The molecule has 1 aliphatic carbocycles. The summed E-state index contributed by atoms with van der Waals surface area (Å²) >= 11 is 0. The first-order valence-corrected chi connectivity index (χ1v) is 8.36. The van der Waals surface area contributed by atoms with Gasteiger partial charge in [0.25, 0.3) is 0 Å². The molecule has 0 aromatic rings. The molecule has 0 aromatic heterocycles. The van der Waals surface area contributed by atoms with Crippen LogP contribution in [0.5, 0.6) is 0 Å². The van der Waals surface area contributed by atoms with Gasteiger partial charge in [-0.1, -0.05) is 19.3 Å². The van der Waals surface area contributed by atoms with Crippen LogP contribution in [0.25, 0.3) is 0 Å². The quantitative estimate of drug-likeness (QED) is 0.483. The smallest absolute Gasteiger partial charge is 0.306 e. The molecule has 0 aromatic carbocycles. The van der Waals surface area contributed by atoms with E-state index < -0.39 is 11.9 Å². The summed E-state index contributed by atoms with van der Waals surface area (Å²) < 4.78 is 0. The molecule has 0 atom stereocenters. The molecule has 0 spiro atoms. The van der Waals surface area contributed by atoms with Gasteiger partial charge in [-0.25, -0.2) is 0 Å². The van der Waals surface area contributed by atoms with Gasteiger partial charge >= 0.3 is 11.9 Å². The van der Waals surface area contributed by atoms with Crippen LogP contribution in [0.1, 0.15) is 64.2 Å². The zero-order valence-corrected chi connectivity index (χ0v) is 13.5. The van der Waals surface area contributed by atoms with Crippen LogP contribution >= 0.6 is 0 Å². The fourth-order valence-electron chi connectivity index (χ4n) is 2.60. The topological polar surface area (TPSA) is 127 Å². The molecule has 0 unspecified atom stereocenters. The molecule has 1 aliphatic rings. The zero-order chi connectivity index (χ0) is 16.8. The maximum atomic E-state index is 10.5. The van der Waals surface area contributed by atoms with Gasteiger partial charge < -0.3 is 21.7 Å². The van der Waals surface area contributed by atoms with Gasteiger partial charge in [0.05, 0.1) is 5.92 Å². The van der Waals surface area contributed by atoms with Crippen LogP contribution in [0.4, 0.5) is 0 Å². The van der Waals surface area contributed by atoms with Crippen LogP contribution in [0.15, 0.2) is 0 Å². The summed E-state index contributed by atoms with van der Waals surface area (Å²) in [5, 5.41) is 17.0. The van der Waals surface area contributed by atoms with Crippen LogP contribution in [-0.4, -0.2) is 35.2 Å². The summed E-state index contributed by atoms with van der Waals surface area (Å²) in [6.07, 6.45) is 9.07. The number of unbranched alkanes of at least 4 members (excludes halogenated alkanes) is 4. The molecule has 22 heavy (non-hydrogen) atoms. The molecule has 0 bridgehead atoms. The minimum atomic E-state index is -0.691. The van der Waals surface area contributed by atoms with Gasteiger partial charge in [0.15, 0.2) is 0 Å². The number of rotatable bonds is 9. The summed E-state index contributed by atoms with van der Waals surface area (Å²) in [6.45, 7) is 1.46. The Balaban J connectivity index is 0.000000401. The van der Waals surface area contributed by atoms with Gasteiger partial charge in [-0.3, -0.25) is 9.59 Å². The van der Waals surface area contributed by atoms with E-state index in [1.54, 1.807) is 0 Å². The Morgan fingerprint density at radius 1 is 0.864 bits per heavy atom. The van der Waals surface area contributed by atoms with E-state index in [-0.39, 0.29) is 5.92 Å². The highest BCUT2D eigenvalue weighted by Crippen LogP contribution is 2.27. The maximum absolute atomic E-state index is 10.5. The number of nitrogens with two attached hydrogens (primary N) is 2. The first-order valence-electron chi connectivity index (χ1n) is 8.36. The lowest BCUT2D eigenvalue weighted by Crippen LogP contribution is -2.25. The van der Waals surface area contributed by atoms with Gasteiger partial charge in [-0.05, 0) is 57.5 Å². The first kappa shape index (κ1) is 20.9. The Morgan fingerprint density at radius 3 is 1.86 bits per heavy atom. The molecule has 130 valence electrons. The molecule has 0 saturated heterocycles. The third-order valence-electron chi connectivity index (χ3n) is 4.12. The molecule has 1 saturated carbocycles. The molecule has 0 radical (unpaired) electrons. The molecule has 6 N–H and O–H groups in total. The molecule has 1 fully saturated rings. The van der Waals surface area contributed by atoms with Crippen molar-refractivity contribution in [3.63, 3.8) is 0 Å². The lowest BCUT2D eigenvalue weighted by Gasteiger charge is -2.24. The normalized spacial score (nSPS) is 20.8. The fourth-order valence-corrected chi connectivity index (χ4v) is 2.60. The molecule has 6 nitrogen and oxygen atoms in total. The molecule has 0 heterocycles. The summed E-state index contributed by atoms with van der Waals surface area (Å²) in [4.78, 5) is 20.6. The summed E-state index contributed by atoms with van der Waals surface area (Å²) in [6, 6.07) is 0. The molecule has 0 aliphatic heterocycles. The third kappa shape index (κ3) is 11.5. The van der Waals surface area contributed by atoms with E-state index in [2.05, 4.69) is 0 Å². The summed E-state index contributed by atoms with van der Waals surface area (Å²) in [7, 11) is 0. The minimum Gasteiger partial charge on any atom is -0.481 e. The average Bonchev–Trinajstić information content (AvgIpc) is 2.51. The number of carboxylic acids is 2. The Kier molecular flexibility index (Phi) is 12.8. The van der Waals surface area contributed by atoms with E-state index in [0.29, 0.717) is 18.9 Å². The number of hydrogen-bond acceptors (Lipinski definition) is 4. The number of carbonyl (C=O) groups is 2. The fraction of sp³-hybridized carbons (Fsp3) is 0.875. The Labute approximate surface area is 133 Å². The van der Waals surface area contributed by atoms with Gasteiger partial charge in [0.1, 0.15) is 0 Å². The molecular formula is C16H32N2O4. The Hall–Kier alpha value is -1.14. The predicted octanol–water partition coefficient (Wildman–Crippen LogP) is 2.21. The zero-order valence-electron chi connectivity index (χ0n) is 13.5. The van der Waals surface area contributed by atoms with Crippen LogP contribution in [0.2, 0.25) is 0 Å². The van der Waals surface area contributed by atoms with Crippen molar-refractivity contribution in [2.45, 2.75) is 64.2 Å². The van der Waals surface area contributed by atoms with E-state index in [1.165, 1.54) is 0 Å². The SMILES string of the molecule is NCCCCCCCC(=O)O.NC[C@H]1CC[C@H](C(=O)O)CC1. The van der Waals surface area contributed by atoms with Crippen molar-refractivity contribution in [2.24, 2.45) is 23.3 Å². The van der Waals surface area contributed by atoms with Crippen LogP contribution < -0.4 is 11.5 Å². The molecular weight excluding hydrogens is 284 g/mol. The van der Waals surface area contributed by atoms with E-state index in [0.717, 1.165) is 64.3 Å². The third-order valence-corrected chi connectivity index (χ3v) is 4.12. The molecule has 6 heteroatoms. The van der Waals surface area contributed by atoms with Crippen LogP contribution in [-0.2, 0) is 9.59 Å². The van der Waals surface area contributed by atoms with Crippen molar-refractivity contribution in [2.75, 3.05) is 13.1 Å². The Morgan fingerprint density at radius 2 is 1.41 bits per heavy atom. The van der Waals surface area contributed by atoms with E-state index >= 15 is 0 Å². The van der Waals surface area contributed by atoms with E-state index in [9.17, 15) is 9.59 Å². The van der Waals surface area contributed by atoms with Crippen molar-refractivity contribution >= 4 is 11.9 Å². The van der Waals surface area contributed by atoms with Gasteiger partial charge in [0.2, 0.25) is 0 Å². The Bertz CT molecular complexity index is 303. The maximum Gasteiger partial charge on any atom is 0.306 e. The number of hydrogen-bond donors (Lipinski definition) is 4. The van der Waals surface area contributed by atoms with E-state index in [4.69, 9.17) is 21.7 Å². The monoisotopic (exact) mass is 316 g/mol. The molecule has 1 rings (SSSR count). The van der Waals surface area contributed by atoms with Crippen LogP contribution in [0.3, 0.4) is 0 Å². The van der Waals surface area contributed by atoms with Crippen molar-refractivity contribution in [1.82, 2.24) is 0 Å². The first-order chi connectivity index (χ1) is 10.5. The van der Waals surface area contributed by atoms with Gasteiger partial charge in [0, 0.05) is 6.42 Å². The van der Waals surface area contributed by atoms with Crippen molar-refractivity contribution in [3.8, 4) is 0 Å². The lowest BCUT2D eigenvalue weighted by atomic mass is 9.82. The van der Waals surface area contributed by atoms with Gasteiger partial charge in [-0.2, -0.15) is 0 Å². The average molecular weight is 316 g/mol. The summed E-state index contributed by atoms with van der Waals surface area (Å²) in [5.41, 5.74) is 10.8. The minimum absolute atomic E-state index is 0.0993. The van der Waals surface area contributed by atoms with Crippen LogP contribution in [0, 0.1) is 11.8 Å². The second-order valence-electron chi connectivity index (χ2n) is 5.99. The van der Waals surface area contributed by atoms with Crippen molar-refractivity contribution in [3.05, 3.63) is 0 Å². The van der Waals surface area contributed by atoms with Crippen molar-refractivity contribution in [1.29, 1.82) is 0 Å². The lowest BCUT2D eigenvalue weighted by molar-refractivity contribution is -0.143. The predicted molar refractivity (Wildman–Crippen MR) is 86.5 cm³/mol. The highest BCUT2D eigenvalue weighted by molar-refractivity contribution is 5.70. The van der Waals surface area contributed by atoms with Gasteiger partial charge in [-0.15, -0.1) is 0 Å². The molecule has 0 amide bonds. The standard InChI is InChI=1S/C8H15NO2.C8H17NO2/c9-5-6-1-3-7(4-2-6)8(10)11;9-7-5-3-1-2-4-6-8(10)11/h6-7H,1-5,9H2,(H,10,11);1-7,9H2,(H,10,11)/t6-,7-;. The van der Waals surface area contributed by atoms with E-state index in [1.807, 2.05) is 0 Å². The largest absolute Gasteiger partial charge is 0.481 e. The highest BCUT2D eigenvalue weighted by Gasteiger charge is 2.24. The number of aliphatic carboxylic acids is 2. The highest BCUT2D eigenvalue weighted by atomic mass is 16.4. The second kappa shape index (κ2) is 13.5.